The molecule has 0 spiro atoms. The van der Waals surface area contributed by atoms with E-state index >= 15 is 0 Å². The van der Waals surface area contributed by atoms with Gasteiger partial charge in [0.05, 0.1) is 0 Å². The molecule has 0 atom stereocenters. The number of rotatable bonds is 3. The lowest BCUT2D eigenvalue weighted by Gasteiger charge is -2.07. The second-order valence-electron chi connectivity index (χ2n) is 4.70. The number of hydrogen-bond donors (Lipinski definition) is 2. The van der Waals surface area contributed by atoms with Crippen LogP contribution in [0.5, 0.6) is 0 Å². The van der Waals surface area contributed by atoms with Gasteiger partial charge >= 0.3 is 0 Å². The molecule has 0 radical (unpaired) electrons. The normalized spacial score (nSPS) is 10.4. The fourth-order valence-electron chi connectivity index (χ4n) is 2.35. The van der Waals surface area contributed by atoms with Crippen LogP contribution in [0.3, 0.4) is 0 Å². The minimum Gasteiger partial charge on any atom is -0.378 e. The summed E-state index contributed by atoms with van der Waals surface area (Å²) in [5.74, 6) is 0. The predicted molar refractivity (Wildman–Crippen MR) is 106 cm³/mol. The van der Waals surface area contributed by atoms with Crippen LogP contribution in [-0.2, 0) is 6.54 Å². The van der Waals surface area contributed by atoms with Crippen LogP contribution in [-0.4, -0.2) is 9.73 Å². The van der Waals surface area contributed by atoms with Gasteiger partial charge < -0.3 is 10.3 Å². The molecule has 0 unspecified atom stereocenters. The maximum absolute atomic E-state index is 7.48. The Kier molecular flexibility index (Phi) is 5.77. The maximum Gasteiger partial charge on any atom is 0.156 e. The predicted octanol–water partition coefficient (Wildman–Crippen LogP) is 4.95. The molecule has 3 rings (SSSR count). The van der Waals surface area contributed by atoms with E-state index < -0.39 is 0 Å². The SMILES string of the molecule is I.N=C(N)Sc1cn(Cc2ccccc2Cl)c2ccccc12. The molecule has 3 N–H and O–H groups in total. The third-order valence-electron chi connectivity index (χ3n) is 3.27. The fraction of sp³-hybridized carbons (Fsp3) is 0.0625. The molecule has 0 fully saturated rings. The van der Waals surface area contributed by atoms with Gasteiger partial charge in [-0.25, -0.2) is 0 Å². The van der Waals surface area contributed by atoms with Gasteiger partial charge in [0.15, 0.2) is 5.17 Å². The molecule has 0 amide bonds. The summed E-state index contributed by atoms with van der Waals surface area (Å²) in [6, 6.07) is 15.9. The van der Waals surface area contributed by atoms with Crippen LogP contribution in [0.25, 0.3) is 10.9 Å². The van der Waals surface area contributed by atoms with Gasteiger partial charge in [0.1, 0.15) is 0 Å². The third-order valence-corrected chi connectivity index (χ3v) is 4.40. The minimum atomic E-state index is 0. The average molecular weight is 444 g/mol. The Morgan fingerprint density at radius 3 is 2.55 bits per heavy atom. The van der Waals surface area contributed by atoms with Gasteiger partial charge in [0, 0.05) is 33.6 Å². The quantitative estimate of drug-likeness (QED) is 0.260. The summed E-state index contributed by atoms with van der Waals surface area (Å²) in [7, 11) is 0. The van der Waals surface area contributed by atoms with Crippen molar-refractivity contribution in [2.24, 2.45) is 5.73 Å². The van der Waals surface area contributed by atoms with E-state index in [1.807, 2.05) is 48.7 Å². The van der Waals surface area contributed by atoms with Gasteiger partial charge in [-0.15, -0.1) is 24.0 Å². The highest BCUT2D eigenvalue weighted by Gasteiger charge is 2.10. The Bertz CT molecular complexity index is 816. The summed E-state index contributed by atoms with van der Waals surface area (Å²) in [6.45, 7) is 0.693. The van der Waals surface area contributed by atoms with Crippen LogP contribution in [0.15, 0.2) is 59.6 Å². The van der Waals surface area contributed by atoms with Crippen LogP contribution in [0.2, 0.25) is 5.02 Å². The molecule has 0 saturated carbocycles. The Balaban J connectivity index is 0.00000176. The monoisotopic (exact) mass is 443 g/mol. The zero-order valence-electron chi connectivity index (χ0n) is 11.6. The zero-order chi connectivity index (χ0) is 14.8. The van der Waals surface area contributed by atoms with Gasteiger partial charge in [-0.3, -0.25) is 5.41 Å². The third kappa shape index (κ3) is 3.59. The summed E-state index contributed by atoms with van der Waals surface area (Å²) in [5.41, 5.74) is 7.70. The number of amidine groups is 1. The Morgan fingerprint density at radius 2 is 1.82 bits per heavy atom. The number of nitrogens with one attached hydrogen (secondary N) is 1. The number of para-hydroxylation sites is 1. The number of fused-ring (bicyclic) bond motifs is 1. The first kappa shape index (κ1) is 17.2. The number of halogens is 2. The van der Waals surface area contributed by atoms with Crippen molar-refractivity contribution in [3.63, 3.8) is 0 Å². The van der Waals surface area contributed by atoms with Crippen LogP contribution in [0, 0.1) is 5.41 Å². The molecule has 0 aliphatic rings. The van der Waals surface area contributed by atoms with Crippen molar-refractivity contribution in [1.29, 1.82) is 5.41 Å². The number of hydrogen-bond acceptors (Lipinski definition) is 2. The van der Waals surface area contributed by atoms with E-state index in [4.69, 9.17) is 22.7 Å². The Labute approximate surface area is 155 Å². The van der Waals surface area contributed by atoms with Gasteiger partial charge in [0.25, 0.3) is 0 Å². The number of benzene rings is 2. The molecule has 3 aromatic rings. The zero-order valence-corrected chi connectivity index (χ0v) is 15.5. The number of thioether (sulfide) groups is 1. The van der Waals surface area contributed by atoms with Gasteiger partial charge in [-0.05, 0) is 17.7 Å². The van der Waals surface area contributed by atoms with Crippen LogP contribution in [0.4, 0.5) is 0 Å². The largest absolute Gasteiger partial charge is 0.378 e. The fourth-order valence-corrected chi connectivity index (χ4v) is 3.25. The van der Waals surface area contributed by atoms with Crippen LogP contribution in [0.1, 0.15) is 5.56 Å². The molecule has 0 bridgehead atoms. The number of nitrogens with zero attached hydrogens (tertiary/aromatic N) is 1. The van der Waals surface area contributed by atoms with Crippen molar-refractivity contribution in [1.82, 2.24) is 4.57 Å². The highest BCUT2D eigenvalue weighted by Crippen LogP contribution is 2.30. The maximum atomic E-state index is 7.48. The van der Waals surface area contributed by atoms with Crippen molar-refractivity contribution in [2.75, 3.05) is 0 Å². The first-order valence-corrected chi connectivity index (χ1v) is 7.68. The van der Waals surface area contributed by atoms with Gasteiger partial charge in [-0.2, -0.15) is 0 Å². The molecule has 0 aliphatic carbocycles. The van der Waals surface area contributed by atoms with E-state index in [1.165, 1.54) is 11.8 Å². The molecule has 22 heavy (non-hydrogen) atoms. The number of aromatic nitrogens is 1. The standard InChI is InChI=1S/C16H14ClN3S.HI/c17-13-7-3-1-5-11(13)9-20-10-15(21-16(18)19)12-6-2-4-8-14(12)20;/h1-8,10H,9H2,(H3,18,19);1H. The highest BCUT2D eigenvalue weighted by molar-refractivity contribution is 14.0. The summed E-state index contributed by atoms with van der Waals surface area (Å²) < 4.78 is 2.14. The van der Waals surface area contributed by atoms with Gasteiger partial charge in [-0.1, -0.05) is 59.8 Å². The van der Waals surface area contributed by atoms with Crippen LogP contribution >= 0.6 is 47.3 Å². The second kappa shape index (κ2) is 7.39. The first-order valence-electron chi connectivity index (χ1n) is 6.48. The van der Waals surface area contributed by atoms with Crippen LogP contribution < -0.4 is 5.73 Å². The molecular formula is C16H15ClIN3S. The van der Waals surface area contributed by atoms with Crippen molar-refractivity contribution < 1.29 is 0 Å². The Hall–Kier alpha value is -1.18. The van der Waals surface area contributed by atoms with E-state index in [9.17, 15) is 0 Å². The smallest absolute Gasteiger partial charge is 0.156 e. The summed E-state index contributed by atoms with van der Waals surface area (Å²) in [6.07, 6.45) is 2.03. The molecule has 0 aliphatic heterocycles. The lowest BCUT2D eigenvalue weighted by molar-refractivity contribution is 0.830. The summed E-state index contributed by atoms with van der Waals surface area (Å²) in [5, 5.41) is 9.44. The molecular weight excluding hydrogens is 429 g/mol. The van der Waals surface area contributed by atoms with E-state index in [0.717, 1.165) is 26.4 Å². The van der Waals surface area contributed by atoms with Crippen molar-refractivity contribution >= 4 is 63.4 Å². The summed E-state index contributed by atoms with van der Waals surface area (Å²) in [4.78, 5) is 0.991. The molecule has 0 saturated heterocycles. The first-order chi connectivity index (χ1) is 10.1. The van der Waals surface area contributed by atoms with E-state index in [-0.39, 0.29) is 29.1 Å². The lowest BCUT2D eigenvalue weighted by atomic mass is 10.2. The molecule has 1 aromatic heterocycles. The molecule has 1 heterocycles. The summed E-state index contributed by atoms with van der Waals surface area (Å²) >= 11 is 7.51. The minimum absolute atomic E-state index is 0. The number of nitrogens with two attached hydrogens (primary N) is 1. The highest BCUT2D eigenvalue weighted by atomic mass is 127. The van der Waals surface area contributed by atoms with Crippen molar-refractivity contribution in [2.45, 2.75) is 11.4 Å². The molecule has 114 valence electrons. The lowest BCUT2D eigenvalue weighted by Crippen LogP contribution is -2.02. The topological polar surface area (TPSA) is 54.8 Å². The molecule has 6 heteroatoms. The molecule has 3 nitrogen and oxygen atoms in total. The van der Waals surface area contributed by atoms with E-state index in [1.54, 1.807) is 0 Å². The van der Waals surface area contributed by atoms with E-state index in [0.29, 0.717) is 6.54 Å². The second-order valence-corrected chi connectivity index (χ2v) is 6.19. The van der Waals surface area contributed by atoms with Crippen molar-refractivity contribution in [3.8, 4) is 0 Å². The average Bonchev–Trinajstić information content (AvgIpc) is 2.79. The van der Waals surface area contributed by atoms with Gasteiger partial charge in [0.2, 0.25) is 0 Å². The van der Waals surface area contributed by atoms with E-state index in [2.05, 4.69) is 10.6 Å². The Morgan fingerprint density at radius 1 is 1.14 bits per heavy atom. The van der Waals surface area contributed by atoms with Crippen molar-refractivity contribution in [3.05, 3.63) is 65.3 Å². The molecule has 2 aromatic carbocycles.